The zero-order valence-corrected chi connectivity index (χ0v) is 11.2. The van der Waals surface area contributed by atoms with Gasteiger partial charge in [0.15, 0.2) is 0 Å². The molecular weight excluding hydrogens is 230 g/mol. The molecule has 0 atom stereocenters. The molecule has 2 aliphatic carbocycles. The van der Waals surface area contributed by atoms with E-state index in [4.69, 9.17) is 4.74 Å². The van der Waals surface area contributed by atoms with Crippen molar-refractivity contribution >= 4 is 11.9 Å². The van der Waals surface area contributed by atoms with Crippen LogP contribution in [0.4, 0.5) is 0 Å². The highest BCUT2D eigenvalue weighted by molar-refractivity contribution is 5.82. The van der Waals surface area contributed by atoms with Gasteiger partial charge in [-0.3, -0.25) is 9.59 Å². The molecule has 0 bridgehead atoms. The minimum Gasteiger partial charge on any atom is -0.465 e. The van der Waals surface area contributed by atoms with Crippen LogP contribution in [0.25, 0.3) is 0 Å². The number of carbonyl (C=O) groups excluding carboxylic acids is 2. The van der Waals surface area contributed by atoms with Crippen LogP contribution in [0.2, 0.25) is 0 Å². The summed E-state index contributed by atoms with van der Waals surface area (Å²) >= 11 is 0. The Kier molecular flexibility index (Phi) is 4.61. The summed E-state index contributed by atoms with van der Waals surface area (Å²) in [5.41, 5.74) is 0. The van der Waals surface area contributed by atoms with E-state index in [-0.39, 0.29) is 18.4 Å². The van der Waals surface area contributed by atoms with Gasteiger partial charge in [0.1, 0.15) is 6.54 Å². The van der Waals surface area contributed by atoms with E-state index in [0.717, 1.165) is 12.8 Å². The van der Waals surface area contributed by atoms with Gasteiger partial charge in [-0.25, -0.2) is 0 Å². The van der Waals surface area contributed by atoms with Gasteiger partial charge in [-0.2, -0.15) is 0 Å². The van der Waals surface area contributed by atoms with Gasteiger partial charge in [-0.05, 0) is 38.5 Å². The summed E-state index contributed by atoms with van der Waals surface area (Å²) in [6.45, 7) is 2.32. The first kappa shape index (κ1) is 13.4. The van der Waals surface area contributed by atoms with Crippen molar-refractivity contribution in [3.63, 3.8) is 0 Å². The summed E-state index contributed by atoms with van der Waals surface area (Å²) in [4.78, 5) is 25.5. The van der Waals surface area contributed by atoms with Gasteiger partial charge in [0.25, 0.3) is 0 Å². The van der Waals surface area contributed by atoms with E-state index < -0.39 is 0 Å². The Morgan fingerprint density at radius 1 is 1.17 bits per heavy atom. The van der Waals surface area contributed by atoms with Crippen LogP contribution in [0.1, 0.15) is 51.9 Å². The van der Waals surface area contributed by atoms with Crippen molar-refractivity contribution in [3.8, 4) is 0 Å². The third-order valence-corrected chi connectivity index (χ3v) is 3.85. The maximum Gasteiger partial charge on any atom is 0.325 e. The molecule has 0 heterocycles. The molecule has 1 amide bonds. The second-order valence-corrected chi connectivity index (χ2v) is 5.41. The number of hydrogen-bond donors (Lipinski definition) is 0. The zero-order valence-electron chi connectivity index (χ0n) is 11.2. The van der Waals surface area contributed by atoms with E-state index in [0.29, 0.717) is 25.0 Å². The summed E-state index contributed by atoms with van der Waals surface area (Å²) in [6.07, 6.45) is 7.54. The Bertz CT molecular complexity index is 306. The Hall–Kier alpha value is -1.06. The lowest BCUT2D eigenvalue weighted by Gasteiger charge is -2.22. The van der Waals surface area contributed by atoms with Gasteiger partial charge in [0.2, 0.25) is 5.91 Å². The number of nitrogens with zero attached hydrogens (tertiary/aromatic N) is 1. The fourth-order valence-electron chi connectivity index (χ4n) is 2.73. The van der Waals surface area contributed by atoms with Crippen molar-refractivity contribution in [2.45, 2.75) is 57.9 Å². The van der Waals surface area contributed by atoms with Crippen molar-refractivity contribution in [2.75, 3.05) is 13.2 Å². The van der Waals surface area contributed by atoms with Crippen molar-refractivity contribution in [1.82, 2.24) is 4.90 Å². The first-order chi connectivity index (χ1) is 8.70. The second-order valence-electron chi connectivity index (χ2n) is 5.41. The van der Waals surface area contributed by atoms with Gasteiger partial charge < -0.3 is 9.64 Å². The standard InChI is InChI=1S/C14H23NO3/c1-2-18-14(17)10-15(12-7-8-12)13(16)9-11-5-3-4-6-11/h11-12H,2-10H2,1H3. The fourth-order valence-corrected chi connectivity index (χ4v) is 2.73. The summed E-state index contributed by atoms with van der Waals surface area (Å²) in [5, 5.41) is 0. The number of esters is 1. The molecule has 0 spiro atoms. The fraction of sp³-hybridized carbons (Fsp3) is 0.857. The molecule has 18 heavy (non-hydrogen) atoms. The number of carbonyl (C=O) groups is 2. The van der Waals surface area contributed by atoms with Gasteiger partial charge in [0, 0.05) is 12.5 Å². The summed E-state index contributed by atoms with van der Waals surface area (Å²) < 4.78 is 4.94. The predicted molar refractivity (Wildman–Crippen MR) is 67.9 cm³/mol. The van der Waals surface area contributed by atoms with Crippen molar-refractivity contribution in [2.24, 2.45) is 5.92 Å². The second kappa shape index (κ2) is 6.21. The van der Waals surface area contributed by atoms with E-state index in [1.54, 1.807) is 11.8 Å². The lowest BCUT2D eigenvalue weighted by Crippen LogP contribution is -2.38. The average molecular weight is 253 g/mol. The van der Waals surface area contributed by atoms with Crippen molar-refractivity contribution < 1.29 is 14.3 Å². The Balaban J connectivity index is 1.83. The first-order valence-electron chi connectivity index (χ1n) is 7.15. The Morgan fingerprint density at radius 3 is 2.39 bits per heavy atom. The van der Waals surface area contributed by atoms with E-state index in [1.807, 2.05) is 0 Å². The normalized spacial score (nSPS) is 19.8. The molecule has 4 heteroatoms. The SMILES string of the molecule is CCOC(=O)CN(C(=O)CC1CCCC1)C1CC1. The number of rotatable bonds is 6. The van der Waals surface area contributed by atoms with Gasteiger partial charge in [-0.15, -0.1) is 0 Å². The molecule has 0 aromatic heterocycles. The molecule has 0 saturated heterocycles. The molecule has 4 nitrogen and oxygen atoms in total. The van der Waals surface area contributed by atoms with Gasteiger partial charge in [0.05, 0.1) is 6.61 Å². The third-order valence-electron chi connectivity index (χ3n) is 3.85. The molecule has 2 aliphatic rings. The molecule has 0 N–H and O–H groups in total. The topological polar surface area (TPSA) is 46.6 Å². The maximum absolute atomic E-state index is 12.2. The molecular formula is C14H23NO3. The minimum absolute atomic E-state index is 0.143. The number of amides is 1. The van der Waals surface area contributed by atoms with Gasteiger partial charge >= 0.3 is 5.97 Å². The number of hydrogen-bond acceptors (Lipinski definition) is 3. The smallest absolute Gasteiger partial charge is 0.325 e. The minimum atomic E-state index is -0.274. The average Bonchev–Trinajstić information content (AvgIpc) is 3.05. The molecule has 0 radical (unpaired) electrons. The molecule has 102 valence electrons. The lowest BCUT2D eigenvalue weighted by atomic mass is 10.0. The summed E-state index contributed by atoms with van der Waals surface area (Å²) in [7, 11) is 0. The van der Waals surface area contributed by atoms with Crippen LogP contribution >= 0.6 is 0 Å². The molecule has 0 unspecified atom stereocenters. The van der Waals surface area contributed by atoms with Crippen LogP contribution in [-0.4, -0.2) is 36.0 Å². The Morgan fingerprint density at radius 2 is 1.83 bits per heavy atom. The molecule has 0 aliphatic heterocycles. The highest BCUT2D eigenvalue weighted by Crippen LogP contribution is 2.31. The molecule has 2 saturated carbocycles. The van der Waals surface area contributed by atoms with Crippen LogP contribution in [0.15, 0.2) is 0 Å². The summed E-state index contributed by atoms with van der Waals surface area (Å²) in [6, 6.07) is 0.295. The van der Waals surface area contributed by atoms with Crippen LogP contribution in [0.5, 0.6) is 0 Å². The van der Waals surface area contributed by atoms with Crippen LogP contribution < -0.4 is 0 Å². The van der Waals surface area contributed by atoms with Crippen LogP contribution in [0, 0.1) is 5.92 Å². The largest absolute Gasteiger partial charge is 0.465 e. The van der Waals surface area contributed by atoms with E-state index in [1.165, 1.54) is 25.7 Å². The molecule has 2 fully saturated rings. The first-order valence-corrected chi connectivity index (χ1v) is 7.15. The predicted octanol–water partition coefficient (Wildman–Crippen LogP) is 2.12. The van der Waals surface area contributed by atoms with E-state index in [2.05, 4.69) is 0 Å². The molecule has 0 aromatic rings. The number of ether oxygens (including phenoxy) is 1. The van der Waals surface area contributed by atoms with E-state index >= 15 is 0 Å². The molecule has 0 aromatic carbocycles. The zero-order chi connectivity index (χ0) is 13.0. The van der Waals surface area contributed by atoms with Gasteiger partial charge in [-0.1, -0.05) is 12.8 Å². The van der Waals surface area contributed by atoms with E-state index in [9.17, 15) is 9.59 Å². The highest BCUT2D eigenvalue weighted by atomic mass is 16.5. The monoisotopic (exact) mass is 253 g/mol. The molecule has 2 rings (SSSR count). The van der Waals surface area contributed by atoms with Crippen LogP contribution in [0.3, 0.4) is 0 Å². The van der Waals surface area contributed by atoms with Crippen molar-refractivity contribution in [1.29, 1.82) is 0 Å². The highest BCUT2D eigenvalue weighted by Gasteiger charge is 2.35. The maximum atomic E-state index is 12.2. The Labute approximate surface area is 109 Å². The quantitative estimate of drug-likeness (QED) is 0.681. The van der Waals surface area contributed by atoms with Crippen molar-refractivity contribution in [3.05, 3.63) is 0 Å². The lowest BCUT2D eigenvalue weighted by molar-refractivity contribution is -0.149. The van der Waals surface area contributed by atoms with Crippen LogP contribution in [-0.2, 0) is 14.3 Å². The third kappa shape index (κ3) is 3.72. The summed E-state index contributed by atoms with van der Waals surface area (Å²) in [5.74, 6) is 0.419.